The van der Waals surface area contributed by atoms with E-state index in [-0.39, 0.29) is 11.9 Å². The van der Waals surface area contributed by atoms with Gasteiger partial charge in [0.05, 0.1) is 0 Å². The summed E-state index contributed by atoms with van der Waals surface area (Å²) in [6, 6.07) is 12.9. The zero-order chi connectivity index (χ0) is 17.2. The molecule has 4 rings (SSSR count). The number of hydrogen-bond donors (Lipinski definition) is 1. The molecule has 1 aliphatic heterocycles. The Morgan fingerprint density at radius 1 is 1.16 bits per heavy atom. The first-order chi connectivity index (χ1) is 12.2. The molecule has 0 aliphatic carbocycles. The lowest BCUT2D eigenvalue weighted by atomic mass is 9.97. The predicted molar refractivity (Wildman–Crippen MR) is 97.0 cm³/mol. The van der Waals surface area contributed by atoms with Crippen molar-refractivity contribution in [2.24, 2.45) is 0 Å². The molecule has 0 radical (unpaired) electrons. The molecule has 3 aromatic rings. The van der Waals surface area contributed by atoms with Gasteiger partial charge in [0.25, 0.3) is 0 Å². The van der Waals surface area contributed by atoms with Crippen LogP contribution in [0.1, 0.15) is 24.6 Å². The highest BCUT2D eigenvalue weighted by molar-refractivity contribution is 6.30. The number of pyridine rings is 1. The molecule has 0 spiro atoms. The van der Waals surface area contributed by atoms with E-state index in [2.05, 4.69) is 15.5 Å². The van der Waals surface area contributed by atoms with E-state index >= 15 is 0 Å². The Morgan fingerprint density at radius 3 is 2.84 bits per heavy atom. The van der Waals surface area contributed by atoms with Crippen molar-refractivity contribution >= 4 is 29.0 Å². The summed E-state index contributed by atoms with van der Waals surface area (Å²) in [5.41, 5.74) is 1.57. The van der Waals surface area contributed by atoms with Crippen LogP contribution in [0.5, 0.6) is 0 Å². The number of hydrogen-bond acceptors (Lipinski definition) is 3. The number of rotatable bonds is 2. The lowest BCUT2D eigenvalue weighted by Crippen LogP contribution is -2.42. The highest BCUT2D eigenvalue weighted by atomic mass is 35.5. The van der Waals surface area contributed by atoms with Crippen molar-refractivity contribution in [1.82, 2.24) is 19.5 Å². The van der Waals surface area contributed by atoms with E-state index in [9.17, 15) is 4.79 Å². The molecule has 25 heavy (non-hydrogen) atoms. The second-order valence-electron chi connectivity index (χ2n) is 6.21. The maximum Gasteiger partial charge on any atom is 0.321 e. The third-order valence-electron chi connectivity index (χ3n) is 4.51. The average Bonchev–Trinajstić information content (AvgIpc) is 3.08. The standard InChI is InChI=1S/C18H18ClN5O/c19-14-6-8-15(9-7-14)20-18(25)23-10-3-4-13(12-23)17-22-21-16-5-1-2-11-24(16)17/h1-2,5-9,11,13H,3-4,10,12H2,(H,20,25)/t13-/m1/s1. The van der Waals surface area contributed by atoms with E-state index in [1.54, 1.807) is 24.3 Å². The van der Waals surface area contributed by atoms with Crippen molar-refractivity contribution in [2.45, 2.75) is 18.8 Å². The normalized spacial score (nSPS) is 17.6. The second-order valence-corrected chi connectivity index (χ2v) is 6.65. The van der Waals surface area contributed by atoms with Crippen LogP contribution in [0.2, 0.25) is 5.02 Å². The molecular formula is C18H18ClN5O. The van der Waals surface area contributed by atoms with E-state index in [4.69, 9.17) is 11.6 Å². The quantitative estimate of drug-likeness (QED) is 0.760. The Kier molecular flexibility index (Phi) is 4.28. The van der Waals surface area contributed by atoms with Crippen LogP contribution in [-0.4, -0.2) is 38.6 Å². The number of likely N-dealkylation sites (tertiary alicyclic amines) is 1. The van der Waals surface area contributed by atoms with Crippen molar-refractivity contribution in [3.8, 4) is 0 Å². The number of urea groups is 1. The zero-order valence-electron chi connectivity index (χ0n) is 13.6. The SMILES string of the molecule is O=C(Nc1ccc(Cl)cc1)N1CCC[C@@H](c2nnc3ccccn23)C1. The highest BCUT2D eigenvalue weighted by Crippen LogP contribution is 2.26. The number of fused-ring (bicyclic) bond motifs is 1. The second kappa shape index (κ2) is 6.72. The number of carbonyl (C=O) groups excluding carboxylic acids is 1. The summed E-state index contributed by atoms with van der Waals surface area (Å²) in [5, 5.41) is 12.1. The summed E-state index contributed by atoms with van der Waals surface area (Å²) in [6.45, 7) is 1.38. The summed E-state index contributed by atoms with van der Waals surface area (Å²) in [7, 11) is 0. The molecule has 2 aromatic heterocycles. The smallest absolute Gasteiger partial charge is 0.321 e. The molecule has 0 bridgehead atoms. The maximum atomic E-state index is 12.6. The highest BCUT2D eigenvalue weighted by Gasteiger charge is 2.27. The van der Waals surface area contributed by atoms with Crippen LogP contribution < -0.4 is 5.32 Å². The fourth-order valence-corrected chi connectivity index (χ4v) is 3.37. The number of piperidine rings is 1. The van der Waals surface area contributed by atoms with E-state index in [0.29, 0.717) is 11.6 Å². The van der Waals surface area contributed by atoms with Crippen LogP contribution >= 0.6 is 11.6 Å². The van der Waals surface area contributed by atoms with Gasteiger partial charge >= 0.3 is 6.03 Å². The van der Waals surface area contributed by atoms with Gasteiger partial charge in [-0.2, -0.15) is 0 Å². The summed E-state index contributed by atoms with van der Waals surface area (Å²) in [4.78, 5) is 14.4. The van der Waals surface area contributed by atoms with Crippen LogP contribution in [0.3, 0.4) is 0 Å². The number of nitrogens with one attached hydrogen (secondary N) is 1. The molecule has 7 heteroatoms. The Labute approximate surface area is 150 Å². The molecule has 1 N–H and O–H groups in total. The lowest BCUT2D eigenvalue weighted by molar-refractivity contribution is 0.191. The maximum absolute atomic E-state index is 12.6. The summed E-state index contributed by atoms with van der Waals surface area (Å²) >= 11 is 5.88. The minimum Gasteiger partial charge on any atom is -0.324 e. The van der Waals surface area contributed by atoms with Gasteiger partial charge < -0.3 is 10.2 Å². The van der Waals surface area contributed by atoms with Crippen molar-refractivity contribution in [1.29, 1.82) is 0 Å². The number of amides is 2. The van der Waals surface area contributed by atoms with Gasteiger partial charge in [-0.3, -0.25) is 4.40 Å². The third-order valence-corrected chi connectivity index (χ3v) is 4.76. The fraction of sp³-hybridized carbons (Fsp3) is 0.278. The molecule has 2 amide bonds. The Bertz CT molecular complexity index is 892. The molecule has 1 fully saturated rings. The molecule has 1 atom stereocenters. The van der Waals surface area contributed by atoms with Crippen molar-refractivity contribution in [3.05, 3.63) is 59.5 Å². The van der Waals surface area contributed by atoms with E-state index in [0.717, 1.165) is 36.5 Å². The van der Waals surface area contributed by atoms with Gasteiger partial charge in [0.1, 0.15) is 5.82 Å². The summed E-state index contributed by atoms with van der Waals surface area (Å²) in [6.07, 6.45) is 3.91. The van der Waals surface area contributed by atoms with E-state index < -0.39 is 0 Å². The first kappa shape index (κ1) is 15.9. The Morgan fingerprint density at radius 2 is 2.00 bits per heavy atom. The molecule has 1 saturated heterocycles. The fourth-order valence-electron chi connectivity index (χ4n) is 3.25. The van der Waals surface area contributed by atoms with Crippen molar-refractivity contribution in [3.63, 3.8) is 0 Å². The predicted octanol–water partition coefficient (Wildman–Crippen LogP) is 3.79. The molecular weight excluding hydrogens is 338 g/mol. The molecule has 6 nitrogen and oxygen atoms in total. The monoisotopic (exact) mass is 355 g/mol. The van der Waals surface area contributed by atoms with Gasteiger partial charge in [-0.25, -0.2) is 4.79 Å². The number of aromatic nitrogens is 3. The first-order valence-corrected chi connectivity index (χ1v) is 8.69. The average molecular weight is 356 g/mol. The van der Waals surface area contributed by atoms with E-state index in [1.807, 2.05) is 33.7 Å². The largest absolute Gasteiger partial charge is 0.324 e. The number of benzene rings is 1. The third kappa shape index (κ3) is 3.30. The minimum absolute atomic E-state index is 0.0964. The molecule has 0 unspecified atom stereocenters. The topological polar surface area (TPSA) is 62.5 Å². The number of anilines is 1. The van der Waals surface area contributed by atoms with Crippen LogP contribution in [-0.2, 0) is 0 Å². The Balaban J connectivity index is 1.49. The van der Waals surface area contributed by atoms with E-state index in [1.165, 1.54) is 0 Å². The molecule has 1 aromatic carbocycles. The summed E-state index contributed by atoms with van der Waals surface area (Å²) in [5.74, 6) is 1.10. The van der Waals surface area contributed by atoms with Crippen LogP contribution in [0, 0.1) is 0 Å². The minimum atomic E-state index is -0.0964. The van der Waals surface area contributed by atoms with Crippen molar-refractivity contribution < 1.29 is 4.79 Å². The summed E-state index contributed by atoms with van der Waals surface area (Å²) < 4.78 is 2.01. The van der Waals surface area contributed by atoms with Crippen LogP contribution in [0.25, 0.3) is 5.65 Å². The number of halogens is 1. The van der Waals surface area contributed by atoms with Crippen LogP contribution in [0.4, 0.5) is 10.5 Å². The van der Waals surface area contributed by atoms with Crippen molar-refractivity contribution in [2.75, 3.05) is 18.4 Å². The molecule has 0 saturated carbocycles. The van der Waals surface area contributed by atoms with Gasteiger partial charge in [0.15, 0.2) is 5.65 Å². The number of nitrogens with zero attached hydrogens (tertiary/aromatic N) is 4. The Hall–Kier alpha value is -2.60. The lowest BCUT2D eigenvalue weighted by Gasteiger charge is -2.32. The zero-order valence-corrected chi connectivity index (χ0v) is 14.4. The van der Waals surface area contributed by atoms with Gasteiger partial charge in [-0.1, -0.05) is 17.7 Å². The van der Waals surface area contributed by atoms with Crippen LogP contribution in [0.15, 0.2) is 48.7 Å². The van der Waals surface area contributed by atoms with Gasteiger partial charge in [0.2, 0.25) is 0 Å². The first-order valence-electron chi connectivity index (χ1n) is 8.32. The van der Waals surface area contributed by atoms with Gasteiger partial charge in [-0.15, -0.1) is 10.2 Å². The molecule has 3 heterocycles. The molecule has 1 aliphatic rings. The number of carbonyl (C=O) groups is 1. The molecule has 128 valence electrons. The van der Waals surface area contributed by atoms with Gasteiger partial charge in [0, 0.05) is 35.9 Å². The van der Waals surface area contributed by atoms with Gasteiger partial charge in [-0.05, 0) is 49.2 Å².